The van der Waals surface area contributed by atoms with E-state index < -0.39 is 0 Å². The van der Waals surface area contributed by atoms with E-state index in [0.717, 1.165) is 60.2 Å². The van der Waals surface area contributed by atoms with Crippen LogP contribution in [0.4, 0.5) is 5.82 Å². The Bertz CT molecular complexity index is 776. The van der Waals surface area contributed by atoms with Gasteiger partial charge in [0, 0.05) is 36.0 Å². The van der Waals surface area contributed by atoms with E-state index in [4.69, 9.17) is 9.72 Å². The van der Waals surface area contributed by atoms with Crippen LogP contribution < -0.4 is 4.90 Å². The first-order valence-corrected chi connectivity index (χ1v) is 9.68. The Labute approximate surface area is 156 Å². The van der Waals surface area contributed by atoms with Crippen molar-refractivity contribution in [2.75, 3.05) is 44.3 Å². The Morgan fingerprint density at radius 3 is 2.84 bits per heavy atom. The van der Waals surface area contributed by atoms with E-state index in [-0.39, 0.29) is 11.8 Å². The topological polar surface area (TPSA) is 45.7 Å². The minimum atomic E-state index is 0.0589. The van der Waals surface area contributed by atoms with Gasteiger partial charge in [0.15, 0.2) is 0 Å². The normalized spacial score (nSPS) is 21.6. The average molecular weight is 404 g/mol. The van der Waals surface area contributed by atoms with Crippen LogP contribution in [0.3, 0.4) is 0 Å². The van der Waals surface area contributed by atoms with Crippen LogP contribution in [0.15, 0.2) is 34.8 Å². The largest absolute Gasteiger partial charge is 0.378 e. The van der Waals surface area contributed by atoms with Crippen LogP contribution in [0.5, 0.6) is 0 Å². The molecular formula is C19H22BrN3O2. The maximum atomic E-state index is 12.8. The molecule has 5 nitrogen and oxygen atoms in total. The van der Waals surface area contributed by atoms with Gasteiger partial charge in [0.05, 0.1) is 24.6 Å². The minimum Gasteiger partial charge on any atom is -0.378 e. The van der Waals surface area contributed by atoms with Gasteiger partial charge in [-0.2, -0.15) is 0 Å². The number of carbonyl (C=O) groups excluding carboxylic acids is 1. The van der Waals surface area contributed by atoms with Crippen LogP contribution in [0.1, 0.15) is 12.8 Å². The smallest absolute Gasteiger partial charge is 0.227 e. The van der Waals surface area contributed by atoms with Crippen molar-refractivity contribution in [2.24, 2.45) is 5.92 Å². The molecule has 25 heavy (non-hydrogen) atoms. The molecule has 2 aliphatic heterocycles. The molecule has 0 saturated carbocycles. The van der Waals surface area contributed by atoms with E-state index in [1.807, 2.05) is 17.0 Å². The maximum absolute atomic E-state index is 12.8. The number of carbonyl (C=O) groups is 1. The number of pyridine rings is 1. The van der Waals surface area contributed by atoms with Gasteiger partial charge >= 0.3 is 0 Å². The summed E-state index contributed by atoms with van der Waals surface area (Å²) >= 11 is 3.59. The van der Waals surface area contributed by atoms with Crippen molar-refractivity contribution >= 4 is 38.6 Å². The number of hydrogen-bond acceptors (Lipinski definition) is 4. The molecule has 2 saturated heterocycles. The van der Waals surface area contributed by atoms with Crippen LogP contribution in [0.25, 0.3) is 10.9 Å². The lowest BCUT2D eigenvalue weighted by atomic mass is 9.96. The van der Waals surface area contributed by atoms with Crippen molar-refractivity contribution < 1.29 is 9.53 Å². The Kier molecular flexibility index (Phi) is 4.90. The molecule has 0 spiro atoms. The number of para-hydroxylation sites is 1. The highest BCUT2D eigenvalue weighted by Crippen LogP contribution is 2.28. The van der Waals surface area contributed by atoms with Crippen LogP contribution in [-0.2, 0) is 9.53 Å². The molecule has 0 N–H and O–H groups in total. The van der Waals surface area contributed by atoms with Crippen molar-refractivity contribution in [3.63, 3.8) is 0 Å². The third-order valence-corrected chi connectivity index (χ3v) is 5.71. The molecule has 3 heterocycles. The first-order valence-electron chi connectivity index (χ1n) is 8.89. The summed E-state index contributed by atoms with van der Waals surface area (Å²) < 4.78 is 6.37. The highest BCUT2D eigenvalue weighted by molar-refractivity contribution is 9.10. The monoisotopic (exact) mass is 403 g/mol. The molecule has 1 atom stereocenters. The van der Waals surface area contributed by atoms with Gasteiger partial charge in [-0.25, -0.2) is 4.98 Å². The molecule has 4 rings (SSSR count). The van der Waals surface area contributed by atoms with Gasteiger partial charge in [-0.05, 0) is 47.0 Å². The van der Waals surface area contributed by atoms with Gasteiger partial charge in [0.25, 0.3) is 0 Å². The standard InChI is InChI=1S/C19H22BrN3O2/c20-16-5-1-3-14-6-7-17(21-18(14)16)23-8-2-4-15(13-23)19(24)22-9-11-25-12-10-22/h1,3,5-7,15H,2,4,8-13H2. The Morgan fingerprint density at radius 2 is 2.00 bits per heavy atom. The predicted octanol–water partition coefficient (Wildman–Crippen LogP) is 3.07. The summed E-state index contributed by atoms with van der Waals surface area (Å²) in [6.45, 7) is 4.45. The van der Waals surface area contributed by atoms with Crippen molar-refractivity contribution in [1.29, 1.82) is 0 Å². The molecule has 2 aliphatic rings. The second-order valence-corrected chi connectivity index (χ2v) is 7.56. The van der Waals surface area contributed by atoms with Gasteiger partial charge in [-0.3, -0.25) is 4.79 Å². The molecule has 0 radical (unpaired) electrons. The number of hydrogen-bond donors (Lipinski definition) is 0. The van der Waals surface area contributed by atoms with E-state index in [0.29, 0.717) is 13.2 Å². The lowest BCUT2D eigenvalue weighted by molar-refractivity contribution is -0.139. The fraction of sp³-hybridized carbons (Fsp3) is 0.474. The fourth-order valence-electron chi connectivity index (χ4n) is 3.71. The number of halogens is 1. The summed E-state index contributed by atoms with van der Waals surface area (Å²) in [4.78, 5) is 21.9. The quantitative estimate of drug-likeness (QED) is 0.772. The van der Waals surface area contributed by atoms with Crippen LogP contribution >= 0.6 is 15.9 Å². The van der Waals surface area contributed by atoms with E-state index in [1.54, 1.807) is 0 Å². The van der Waals surface area contributed by atoms with E-state index in [2.05, 4.69) is 39.0 Å². The second-order valence-electron chi connectivity index (χ2n) is 6.70. The molecule has 1 amide bonds. The number of aromatic nitrogens is 1. The molecular weight excluding hydrogens is 382 g/mol. The van der Waals surface area contributed by atoms with Crippen LogP contribution in [0.2, 0.25) is 0 Å². The number of benzene rings is 1. The number of anilines is 1. The van der Waals surface area contributed by atoms with E-state index in [9.17, 15) is 4.79 Å². The number of rotatable bonds is 2. The maximum Gasteiger partial charge on any atom is 0.227 e. The first kappa shape index (κ1) is 16.8. The van der Waals surface area contributed by atoms with Crippen LogP contribution in [0, 0.1) is 5.92 Å². The lowest BCUT2D eigenvalue weighted by Gasteiger charge is -2.36. The van der Waals surface area contributed by atoms with E-state index in [1.165, 1.54) is 0 Å². The van der Waals surface area contributed by atoms with Crippen molar-refractivity contribution in [3.8, 4) is 0 Å². The Hall–Kier alpha value is -1.66. The minimum absolute atomic E-state index is 0.0589. The molecule has 132 valence electrons. The number of morpholine rings is 1. The van der Waals surface area contributed by atoms with Crippen molar-refractivity contribution in [2.45, 2.75) is 12.8 Å². The number of ether oxygens (including phenoxy) is 1. The summed E-state index contributed by atoms with van der Waals surface area (Å²) in [7, 11) is 0. The van der Waals surface area contributed by atoms with Crippen LogP contribution in [-0.4, -0.2) is 55.2 Å². The molecule has 1 unspecified atom stereocenters. The van der Waals surface area contributed by atoms with Gasteiger partial charge in [-0.15, -0.1) is 0 Å². The highest BCUT2D eigenvalue weighted by atomic mass is 79.9. The Morgan fingerprint density at radius 1 is 1.16 bits per heavy atom. The summed E-state index contributed by atoms with van der Waals surface area (Å²) in [6, 6.07) is 10.3. The summed E-state index contributed by atoms with van der Waals surface area (Å²) in [5, 5.41) is 1.12. The third kappa shape index (κ3) is 3.51. The lowest BCUT2D eigenvalue weighted by Crippen LogP contribution is -2.48. The number of nitrogens with zero attached hydrogens (tertiary/aromatic N) is 3. The zero-order valence-corrected chi connectivity index (χ0v) is 15.7. The summed E-state index contributed by atoms with van der Waals surface area (Å²) in [5.41, 5.74) is 0.974. The zero-order chi connectivity index (χ0) is 17.2. The van der Waals surface area contributed by atoms with Gasteiger partial charge in [0.1, 0.15) is 5.82 Å². The first-order chi connectivity index (χ1) is 12.2. The predicted molar refractivity (Wildman–Crippen MR) is 102 cm³/mol. The molecule has 6 heteroatoms. The molecule has 2 aromatic rings. The SMILES string of the molecule is O=C(C1CCCN(c2ccc3cccc(Br)c3n2)C1)N1CCOCC1. The summed E-state index contributed by atoms with van der Waals surface area (Å²) in [6.07, 6.45) is 1.99. The second kappa shape index (κ2) is 7.30. The number of piperidine rings is 1. The average Bonchev–Trinajstić information content (AvgIpc) is 2.68. The number of amides is 1. The molecule has 0 aliphatic carbocycles. The third-order valence-electron chi connectivity index (χ3n) is 5.07. The van der Waals surface area contributed by atoms with Gasteiger partial charge < -0.3 is 14.5 Å². The highest BCUT2D eigenvalue weighted by Gasteiger charge is 2.30. The number of fused-ring (bicyclic) bond motifs is 1. The van der Waals surface area contributed by atoms with Crippen molar-refractivity contribution in [1.82, 2.24) is 9.88 Å². The van der Waals surface area contributed by atoms with Crippen molar-refractivity contribution in [3.05, 3.63) is 34.8 Å². The Balaban J connectivity index is 1.52. The molecule has 0 bridgehead atoms. The molecule has 1 aromatic heterocycles. The summed E-state index contributed by atoms with van der Waals surface area (Å²) in [5.74, 6) is 1.29. The molecule has 2 fully saturated rings. The fourth-order valence-corrected chi connectivity index (χ4v) is 4.18. The van der Waals surface area contributed by atoms with Gasteiger partial charge in [-0.1, -0.05) is 12.1 Å². The van der Waals surface area contributed by atoms with E-state index >= 15 is 0 Å². The molecule has 1 aromatic carbocycles. The zero-order valence-electron chi connectivity index (χ0n) is 14.2. The van der Waals surface area contributed by atoms with Gasteiger partial charge in [0.2, 0.25) is 5.91 Å².